The summed E-state index contributed by atoms with van der Waals surface area (Å²) in [7, 11) is 0. The van der Waals surface area contributed by atoms with E-state index in [1.54, 1.807) is 0 Å². The van der Waals surface area contributed by atoms with E-state index < -0.39 is 0 Å². The summed E-state index contributed by atoms with van der Waals surface area (Å²) < 4.78 is 5.33. The SMILES string of the molecule is Oc1cc(O)c(-c2onc3c2CCCC3)cc1Cl. The molecule has 1 heterocycles. The number of aromatic hydroxyl groups is 2. The molecule has 2 N–H and O–H groups in total. The Labute approximate surface area is 109 Å². The van der Waals surface area contributed by atoms with Crippen LogP contribution in [0.4, 0.5) is 0 Å². The molecule has 2 aromatic rings. The van der Waals surface area contributed by atoms with Crippen LogP contribution in [0, 0.1) is 0 Å². The normalized spacial score (nSPS) is 14.5. The van der Waals surface area contributed by atoms with Crippen LogP contribution < -0.4 is 0 Å². The molecule has 0 fully saturated rings. The van der Waals surface area contributed by atoms with E-state index in [1.807, 2.05) is 0 Å². The molecule has 0 aliphatic heterocycles. The second kappa shape index (κ2) is 4.21. The lowest BCUT2D eigenvalue weighted by atomic mass is 9.94. The van der Waals surface area contributed by atoms with Gasteiger partial charge in [0.15, 0.2) is 5.76 Å². The molecule has 0 unspecified atom stereocenters. The minimum atomic E-state index is -0.147. The number of aromatic nitrogens is 1. The number of halogens is 1. The average molecular weight is 266 g/mol. The average Bonchev–Trinajstić information content (AvgIpc) is 2.78. The number of hydrogen-bond donors (Lipinski definition) is 2. The van der Waals surface area contributed by atoms with E-state index in [0.717, 1.165) is 36.9 Å². The Bertz CT molecular complexity index is 607. The molecule has 0 spiro atoms. The fourth-order valence-corrected chi connectivity index (χ4v) is 2.50. The van der Waals surface area contributed by atoms with Crippen LogP contribution in [0.3, 0.4) is 0 Å². The maximum Gasteiger partial charge on any atom is 0.174 e. The summed E-state index contributed by atoms with van der Waals surface area (Å²) in [4.78, 5) is 0. The zero-order valence-corrected chi connectivity index (χ0v) is 10.4. The van der Waals surface area contributed by atoms with Crippen LogP contribution in [0.5, 0.6) is 11.5 Å². The molecule has 4 nitrogen and oxygen atoms in total. The van der Waals surface area contributed by atoms with Crippen LogP contribution in [-0.4, -0.2) is 15.4 Å². The van der Waals surface area contributed by atoms with Crippen molar-refractivity contribution >= 4 is 11.6 Å². The number of phenols is 2. The first kappa shape index (κ1) is 11.4. The number of nitrogens with zero attached hydrogens (tertiary/aromatic N) is 1. The largest absolute Gasteiger partial charge is 0.507 e. The molecule has 1 aromatic heterocycles. The van der Waals surface area contributed by atoms with Crippen molar-refractivity contribution < 1.29 is 14.7 Å². The van der Waals surface area contributed by atoms with Gasteiger partial charge in [0.1, 0.15) is 11.5 Å². The van der Waals surface area contributed by atoms with Crippen LogP contribution in [0.2, 0.25) is 5.02 Å². The number of hydrogen-bond acceptors (Lipinski definition) is 4. The third-order valence-electron chi connectivity index (χ3n) is 3.27. The van der Waals surface area contributed by atoms with Gasteiger partial charge < -0.3 is 14.7 Å². The Kier molecular flexibility index (Phi) is 2.67. The van der Waals surface area contributed by atoms with Gasteiger partial charge >= 0.3 is 0 Å². The van der Waals surface area contributed by atoms with E-state index in [2.05, 4.69) is 5.16 Å². The topological polar surface area (TPSA) is 66.5 Å². The molecular formula is C13H12ClNO3. The second-order valence-electron chi connectivity index (χ2n) is 4.46. The van der Waals surface area contributed by atoms with E-state index in [1.165, 1.54) is 12.1 Å². The van der Waals surface area contributed by atoms with Gasteiger partial charge in [0.25, 0.3) is 0 Å². The summed E-state index contributed by atoms with van der Waals surface area (Å²) in [6.07, 6.45) is 4.01. The van der Waals surface area contributed by atoms with Crippen molar-refractivity contribution in [2.75, 3.05) is 0 Å². The molecule has 0 saturated carbocycles. The van der Waals surface area contributed by atoms with Crippen molar-refractivity contribution in [1.82, 2.24) is 5.16 Å². The number of rotatable bonds is 1. The summed E-state index contributed by atoms with van der Waals surface area (Å²) in [5, 5.41) is 23.5. The van der Waals surface area contributed by atoms with Crippen LogP contribution in [0.1, 0.15) is 24.1 Å². The highest BCUT2D eigenvalue weighted by Crippen LogP contribution is 2.40. The maximum atomic E-state index is 9.88. The van der Waals surface area contributed by atoms with Gasteiger partial charge in [0.2, 0.25) is 0 Å². The Morgan fingerprint density at radius 2 is 1.89 bits per heavy atom. The van der Waals surface area contributed by atoms with Gasteiger partial charge in [0.05, 0.1) is 16.3 Å². The predicted octanol–water partition coefficient (Wildman–Crippen LogP) is 3.29. The van der Waals surface area contributed by atoms with Gasteiger partial charge in [-0.1, -0.05) is 16.8 Å². The van der Waals surface area contributed by atoms with E-state index in [-0.39, 0.29) is 16.5 Å². The van der Waals surface area contributed by atoms with Crippen molar-refractivity contribution in [3.05, 3.63) is 28.4 Å². The van der Waals surface area contributed by atoms with Gasteiger partial charge in [-0.3, -0.25) is 0 Å². The predicted molar refractivity (Wildman–Crippen MR) is 66.9 cm³/mol. The Balaban J connectivity index is 2.15. The Morgan fingerprint density at radius 3 is 2.72 bits per heavy atom. The molecule has 94 valence electrons. The highest BCUT2D eigenvalue weighted by Gasteiger charge is 2.23. The Hall–Kier alpha value is -1.68. The smallest absolute Gasteiger partial charge is 0.174 e. The molecular weight excluding hydrogens is 254 g/mol. The molecule has 5 heteroatoms. The molecule has 0 saturated heterocycles. The molecule has 1 aromatic carbocycles. The van der Waals surface area contributed by atoms with Gasteiger partial charge in [-0.05, 0) is 31.7 Å². The molecule has 0 radical (unpaired) electrons. The van der Waals surface area contributed by atoms with Crippen molar-refractivity contribution in [2.45, 2.75) is 25.7 Å². The van der Waals surface area contributed by atoms with Gasteiger partial charge in [-0.15, -0.1) is 0 Å². The van der Waals surface area contributed by atoms with Crippen molar-refractivity contribution in [2.24, 2.45) is 0 Å². The zero-order chi connectivity index (χ0) is 12.7. The Morgan fingerprint density at radius 1 is 1.11 bits per heavy atom. The maximum absolute atomic E-state index is 9.88. The number of fused-ring (bicyclic) bond motifs is 1. The van der Waals surface area contributed by atoms with Crippen LogP contribution >= 0.6 is 11.6 Å². The first-order valence-electron chi connectivity index (χ1n) is 5.86. The third kappa shape index (κ3) is 1.73. The number of benzene rings is 1. The fourth-order valence-electron chi connectivity index (χ4n) is 2.33. The van der Waals surface area contributed by atoms with E-state index in [9.17, 15) is 10.2 Å². The van der Waals surface area contributed by atoms with E-state index >= 15 is 0 Å². The number of aryl methyl sites for hydroxylation is 1. The van der Waals surface area contributed by atoms with Crippen LogP contribution in [-0.2, 0) is 12.8 Å². The minimum absolute atomic E-state index is 0.0542. The standard InChI is InChI=1S/C13H12ClNO3/c14-9-5-8(11(16)6-12(9)17)13-7-3-1-2-4-10(7)15-18-13/h5-6,16-17H,1-4H2. The summed E-state index contributed by atoms with van der Waals surface area (Å²) in [5.41, 5.74) is 2.48. The highest BCUT2D eigenvalue weighted by molar-refractivity contribution is 6.32. The van der Waals surface area contributed by atoms with Crippen molar-refractivity contribution in [1.29, 1.82) is 0 Å². The first-order chi connectivity index (χ1) is 8.66. The summed E-state index contributed by atoms with van der Waals surface area (Å²) in [6.45, 7) is 0. The van der Waals surface area contributed by atoms with Crippen LogP contribution in [0.15, 0.2) is 16.7 Å². The summed E-state index contributed by atoms with van der Waals surface area (Å²) in [5.74, 6) is 0.358. The van der Waals surface area contributed by atoms with E-state index in [4.69, 9.17) is 16.1 Å². The lowest BCUT2D eigenvalue weighted by Gasteiger charge is -2.10. The van der Waals surface area contributed by atoms with E-state index in [0.29, 0.717) is 11.3 Å². The second-order valence-corrected chi connectivity index (χ2v) is 4.87. The van der Waals surface area contributed by atoms with Gasteiger partial charge in [0, 0.05) is 11.6 Å². The molecule has 0 bridgehead atoms. The zero-order valence-electron chi connectivity index (χ0n) is 9.61. The van der Waals surface area contributed by atoms with Gasteiger partial charge in [-0.2, -0.15) is 0 Å². The molecule has 0 amide bonds. The third-order valence-corrected chi connectivity index (χ3v) is 3.57. The summed E-state index contributed by atoms with van der Waals surface area (Å²) >= 11 is 5.86. The lowest BCUT2D eigenvalue weighted by molar-refractivity contribution is 0.416. The molecule has 18 heavy (non-hydrogen) atoms. The van der Waals surface area contributed by atoms with Crippen LogP contribution in [0.25, 0.3) is 11.3 Å². The molecule has 1 aliphatic carbocycles. The van der Waals surface area contributed by atoms with Crippen molar-refractivity contribution in [3.8, 4) is 22.8 Å². The lowest BCUT2D eigenvalue weighted by Crippen LogP contribution is -2.01. The van der Waals surface area contributed by atoms with Gasteiger partial charge in [-0.25, -0.2) is 0 Å². The van der Waals surface area contributed by atoms with Crippen molar-refractivity contribution in [3.63, 3.8) is 0 Å². The fraction of sp³-hybridized carbons (Fsp3) is 0.308. The quantitative estimate of drug-likeness (QED) is 0.830. The monoisotopic (exact) mass is 265 g/mol. The summed E-state index contributed by atoms with van der Waals surface area (Å²) in [6, 6.07) is 2.72. The number of phenolic OH excluding ortho intramolecular Hbond substituents is 2. The minimum Gasteiger partial charge on any atom is -0.507 e. The first-order valence-corrected chi connectivity index (χ1v) is 6.24. The molecule has 3 rings (SSSR count). The highest BCUT2D eigenvalue weighted by atomic mass is 35.5. The molecule has 1 aliphatic rings. The molecule has 0 atom stereocenters.